The predicted molar refractivity (Wildman–Crippen MR) is 99.8 cm³/mol. The maximum atomic E-state index is 12.1. The van der Waals surface area contributed by atoms with Gasteiger partial charge in [-0.15, -0.1) is 0 Å². The Labute approximate surface area is 152 Å². The largest absolute Gasteiger partial charge is 0.506 e. The number of carbonyl (C=O) groups excluding carboxylic acids is 1. The Morgan fingerprint density at radius 1 is 1.21 bits per heavy atom. The minimum absolute atomic E-state index is 0.0375. The van der Waals surface area contributed by atoms with Crippen molar-refractivity contribution in [2.24, 2.45) is 4.99 Å². The summed E-state index contributed by atoms with van der Waals surface area (Å²) in [7, 11) is 0. The van der Waals surface area contributed by atoms with E-state index in [-0.39, 0.29) is 17.3 Å². The van der Waals surface area contributed by atoms with Crippen molar-refractivity contribution in [3.63, 3.8) is 0 Å². The Balaban J connectivity index is 1.89. The number of thioether (sulfide) groups is 1. The molecular weight excluding hydrogens is 369 g/mol. The molecule has 1 amide bonds. The van der Waals surface area contributed by atoms with E-state index in [4.69, 9.17) is 28.9 Å². The van der Waals surface area contributed by atoms with Gasteiger partial charge in [0.15, 0.2) is 5.17 Å². The van der Waals surface area contributed by atoms with Gasteiger partial charge in [0, 0.05) is 0 Å². The summed E-state index contributed by atoms with van der Waals surface area (Å²) in [5.74, 6) is -0.331. The molecule has 3 rings (SSSR count). The molecule has 0 bridgehead atoms. The van der Waals surface area contributed by atoms with Crippen molar-refractivity contribution in [1.82, 2.24) is 5.32 Å². The van der Waals surface area contributed by atoms with Crippen molar-refractivity contribution in [3.8, 4) is 5.75 Å². The van der Waals surface area contributed by atoms with E-state index in [1.165, 1.54) is 6.07 Å². The number of nitrogens with two attached hydrogens (primary N) is 1. The van der Waals surface area contributed by atoms with Crippen molar-refractivity contribution in [2.75, 3.05) is 5.73 Å². The van der Waals surface area contributed by atoms with Crippen LogP contribution < -0.4 is 11.1 Å². The fourth-order valence-corrected chi connectivity index (χ4v) is 3.29. The van der Waals surface area contributed by atoms with Crippen molar-refractivity contribution in [3.05, 3.63) is 56.9 Å². The number of carbonyl (C=O) groups is 1. The molecule has 5 nitrogen and oxygen atoms in total. The second-order valence-corrected chi connectivity index (χ2v) is 6.72. The van der Waals surface area contributed by atoms with E-state index in [2.05, 4.69) is 10.3 Å². The zero-order valence-electron chi connectivity index (χ0n) is 12.1. The van der Waals surface area contributed by atoms with E-state index in [1.54, 1.807) is 36.4 Å². The van der Waals surface area contributed by atoms with Gasteiger partial charge in [0.1, 0.15) is 11.4 Å². The molecule has 0 saturated carbocycles. The molecule has 0 atom stereocenters. The Morgan fingerprint density at radius 2 is 1.92 bits per heavy atom. The summed E-state index contributed by atoms with van der Waals surface area (Å²) >= 11 is 13.3. The zero-order chi connectivity index (χ0) is 17.3. The highest BCUT2D eigenvalue weighted by atomic mass is 35.5. The molecule has 24 heavy (non-hydrogen) atoms. The first kappa shape index (κ1) is 16.7. The molecule has 2 aromatic rings. The number of phenolic OH excluding ortho intramolecular Hbond substituents is 1. The zero-order valence-corrected chi connectivity index (χ0v) is 14.4. The van der Waals surface area contributed by atoms with Gasteiger partial charge in [0.25, 0.3) is 5.91 Å². The van der Waals surface area contributed by atoms with Gasteiger partial charge in [-0.2, -0.15) is 0 Å². The van der Waals surface area contributed by atoms with Gasteiger partial charge >= 0.3 is 0 Å². The molecule has 1 heterocycles. The number of aliphatic imine (C=N–C) groups is 1. The molecule has 1 aliphatic rings. The number of benzene rings is 2. The number of hydrogen-bond donors (Lipinski definition) is 3. The van der Waals surface area contributed by atoms with E-state index in [1.807, 2.05) is 0 Å². The topological polar surface area (TPSA) is 87.7 Å². The lowest BCUT2D eigenvalue weighted by Gasteiger charge is -2.01. The van der Waals surface area contributed by atoms with Crippen LogP contribution in [0.25, 0.3) is 6.08 Å². The van der Waals surface area contributed by atoms with E-state index in [0.29, 0.717) is 31.4 Å². The highest BCUT2D eigenvalue weighted by Gasteiger charge is 2.24. The number of hydrogen-bond acceptors (Lipinski definition) is 5. The summed E-state index contributed by atoms with van der Waals surface area (Å²) < 4.78 is 0. The molecule has 4 N–H and O–H groups in total. The molecule has 1 aliphatic heterocycles. The lowest BCUT2D eigenvalue weighted by Crippen LogP contribution is -2.19. The maximum absolute atomic E-state index is 12.1. The van der Waals surface area contributed by atoms with Crippen LogP contribution in [-0.2, 0) is 4.79 Å². The molecular formula is C16H11Cl2N3O2S. The quantitative estimate of drug-likeness (QED) is 0.415. The summed E-state index contributed by atoms with van der Waals surface area (Å²) in [6, 6.07) is 9.81. The fraction of sp³-hybridized carbons (Fsp3) is 0. The van der Waals surface area contributed by atoms with E-state index < -0.39 is 0 Å². The van der Waals surface area contributed by atoms with Gasteiger partial charge in [-0.1, -0.05) is 35.3 Å². The number of anilines is 1. The van der Waals surface area contributed by atoms with Gasteiger partial charge in [0.05, 0.1) is 20.6 Å². The van der Waals surface area contributed by atoms with Gasteiger partial charge < -0.3 is 16.2 Å². The molecule has 1 saturated heterocycles. The van der Waals surface area contributed by atoms with Crippen LogP contribution >= 0.6 is 35.0 Å². The number of aromatic hydroxyl groups is 1. The van der Waals surface area contributed by atoms with Crippen molar-refractivity contribution >= 4 is 63.5 Å². The first-order valence-corrected chi connectivity index (χ1v) is 8.33. The highest BCUT2D eigenvalue weighted by Crippen LogP contribution is 2.35. The third kappa shape index (κ3) is 3.51. The predicted octanol–water partition coefficient (Wildman–Crippen LogP) is 4.17. The molecule has 0 radical (unpaired) electrons. The maximum Gasteiger partial charge on any atom is 0.264 e. The van der Waals surface area contributed by atoms with Crippen LogP contribution in [-0.4, -0.2) is 16.2 Å². The average molecular weight is 380 g/mol. The molecule has 0 spiro atoms. The second kappa shape index (κ2) is 6.76. The van der Waals surface area contributed by atoms with Crippen LogP contribution in [0.2, 0.25) is 10.0 Å². The van der Waals surface area contributed by atoms with Crippen LogP contribution in [0, 0.1) is 0 Å². The number of nitrogens with zero attached hydrogens (tertiary/aromatic N) is 1. The molecule has 2 aromatic carbocycles. The molecule has 122 valence electrons. The van der Waals surface area contributed by atoms with E-state index in [0.717, 1.165) is 11.8 Å². The van der Waals surface area contributed by atoms with Crippen molar-refractivity contribution < 1.29 is 9.90 Å². The number of amides is 1. The second-order valence-electron chi connectivity index (χ2n) is 4.87. The number of para-hydroxylation sites is 1. The third-order valence-electron chi connectivity index (χ3n) is 3.15. The van der Waals surface area contributed by atoms with E-state index >= 15 is 0 Å². The van der Waals surface area contributed by atoms with Crippen LogP contribution in [0.1, 0.15) is 5.56 Å². The lowest BCUT2D eigenvalue weighted by molar-refractivity contribution is -0.115. The first-order valence-electron chi connectivity index (χ1n) is 6.76. The standard InChI is InChI=1S/C16H11Cl2N3O2S/c17-9-2-1-3-10(18)14(9)20-16-21-15(23)13(24-16)7-8-4-5-11(19)12(22)6-8/h1-7,22H,19H2,(H,20,21,23). The van der Waals surface area contributed by atoms with Crippen LogP contribution in [0.5, 0.6) is 5.75 Å². The van der Waals surface area contributed by atoms with E-state index in [9.17, 15) is 9.90 Å². The van der Waals surface area contributed by atoms with Gasteiger partial charge in [0.2, 0.25) is 0 Å². The minimum Gasteiger partial charge on any atom is -0.506 e. The lowest BCUT2D eigenvalue weighted by atomic mass is 10.2. The van der Waals surface area contributed by atoms with Crippen molar-refractivity contribution in [1.29, 1.82) is 0 Å². The average Bonchev–Trinajstić information content (AvgIpc) is 2.87. The smallest absolute Gasteiger partial charge is 0.264 e. The Morgan fingerprint density at radius 3 is 2.58 bits per heavy atom. The molecule has 0 unspecified atom stereocenters. The Hall–Kier alpha value is -2.15. The van der Waals surface area contributed by atoms with Crippen molar-refractivity contribution in [2.45, 2.75) is 0 Å². The summed E-state index contributed by atoms with van der Waals surface area (Å²) in [4.78, 5) is 16.8. The molecule has 0 aliphatic carbocycles. The normalized spacial score (nSPS) is 17.5. The summed E-state index contributed by atoms with van der Waals surface area (Å²) in [5.41, 5.74) is 6.88. The Kier molecular flexibility index (Phi) is 4.71. The first-order chi connectivity index (χ1) is 11.4. The molecule has 8 heteroatoms. The molecule has 0 aromatic heterocycles. The fourth-order valence-electron chi connectivity index (χ4n) is 1.98. The number of nitrogens with one attached hydrogen (secondary N) is 1. The number of phenols is 1. The summed E-state index contributed by atoms with van der Waals surface area (Å²) in [5, 5.41) is 13.5. The number of halogens is 2. The van der Waals surface area contributed by atoms with Gasteiger partial charge in [-0.3, -0.25) is 4.79 Å². The Bertz CT molecular complexity index is 877. The number of nitrogen functional groups attached to an aromatic ring is 1. The van der Waals surface area contributed by atoms with Gasteiger partial charge in [-0.05, 0) is 47.7 Å². The summed E-state index contributed by atoms with van der Waals surface area (Å²) in [6.45, 7) is 0. The van der Waals surface area contributed by atoms with Crippen LogP contribution in [0.4, 0.5) is 11.4 Å². The monoisotopic (exact) mass is 379 g/mol. The third-order valence-corrected chi connectivity index (χ3v) is 4.67. The van der Waals surface area contributed by atoms with Crippen LogP contribution in [0.15, 0.2) is 46.3 Å². The number of amidine groups is 1. The summed E-state index contributed by atoms with van der Waals surface area (Å²) in [6.07, 6.45) is 1.63. The number of rotatable bonds is 2. The molecule has 1 fully saturated rings. The minimum atomic E-state index is -0.293. The highest BCUT2D eigenvalue weighted by molar-refractivity contribution is 8.18. The van der Waals surface area contributed by atoms with Gasteiger partial charge in [-0.25, -0.2) is 4.99 Å². The van der Waals surface area contributed by atoms with Crippen LogP contribution in [0.3, 0.4) is 0 Å². The SMILES string of the molecule is Nc1ccc(C=C2SC(=Nc3c(Cl)cccc3Cl)NC2=O)cc1O.